The van der Waals surface area contributed by atoms with Crippen LogP contribution < -0.4 is 10.1 Å². The Kier molecular flexibility index (Phi) is 4.71. The molecule has 7 heteroatoms. The topological polar surface area (TPSA) is 77.2 Å². The molecule has 0 unspecified atom stereocenters. The summed E-state index contributed by atoms with van der Waals surface area (Å²) in [5.74, 6) is 2.21. The van der Waals surface area contributed by atoms with Crippen molar-refractivity contribution in [2.75, 3.05) is 6.61 Å². The largest absolute Gasteiger partial charge is 0.494 e. The lowest BCUT2D eigenvalue weighted by molar-refractivity contribution is -0.122. The molecule has 1 aliphatic rings. The Morgan fingerprint density at radius 1 is 1.27 bits per heavy atom. The van der Waals surface area contributed by atoms with Crippen LogP contribution in [0.2, 0.25) is 0 Å². The smallest absolute Gasteiger partial charge is 0.258 e. The lowest BCUT2D eigenvalue weighted by Crippen LogP contribution is -2.23. The Morgan fingerprint density at radius 3 is 2.81 bits per heavy atom. The Hall–Kier alpha value is -2.67. The summed E-state index contributed by atoms with van der Waals surface area (Å²) in [4.78, 5) is 18.2. The molecule has 1 saturated carbocycles. The molecule has 4 rings (SSSR count). The molecule has 0 saturated heterocycles. The Bertz CT molecular complexity index is 897. The van der Waals surface area contributed by atoms with Crippen LogP contribution in [0, 0.1) is 5.92 Å². The summed E-state index contributed by atoms with van der Waals surface area (Å²) < 4.78 is 10.8. The number of rotatable bonds is 7. The number of carbonyl (C=O) groups excluding carboxylic acids is 1. The van der Waals surface area contributed by atoms with Crippen LogP contribution in [0.4, 0.5) is 0 Å². The number of carbonyl (C=O) groups is 1. The molecule has 0 radical (unpaired) electrons. The number of ether oxygens (including phenoxy) is 1. The molecule has 2 heterocycles. The van der Waals surface area contributed by atoms with E-state index in [0.717, 1.165) is 33.9 Å². The van der Waals surface area contributed by atoms with Crippen LogP contribution in [0.15, 0.2) is 40.9 Å². The highest BCUT2D eigenvalue weighted by Gasteiger charge is 2.29. The predicted octanol–water partition coefficient (Wildman–Crippen LogP) is 3.89. The summed E-state index contributed by atoms with van der Waals surface area (Å²) in [6, 6.07) is 11.5. The Balaban J connectivity index is 1.43. The van der Waals surface area contributed by atoms with Crippen LogP contribution in [0.3, 0.4) is 0 Å². The first kappa shape index (κ1) is 16.8. The van der Waals surface area contributed by atoms with Crippen LogP contribution in [-0.4, -0.2) is 22.7 Å². The number of amides is 1. The molecule has 1 aromatic carbocycles. The molecule has 0 bridgehead atoms. The fourth-order valence-corrected chi connectivity index (χ4v) is 3.43. The van der Waals surface area contributed by atoms with Gasteiger partial charge in [0.05, 0.1) is 18.0 Å². The fraction of sp³-hybridized carbons (Fsp3) is 0.316. The van der Waals surface area contributed by atoms with Gasteiger partial charge in [-0.1, -0.05) is 5.16 Å². The number of nitrogens with zero attached hydrogens (tertiary/aromatic N) is 2. The lowest BCUT2D eigenvalue weighted by atomic mass is 10.2. The van der Waals surface area contributed by atoms with Gasteiger partial charge < -0.3 is 14.6 Å². The summed E-state index contributed by atoms with van der Waals surface area (Å²) >= 11 is 1.56. The van der Waals surface area contributed by atoms with Gasteiger partial charge in [0.2, 0.25) is 11.7 Å². The number of thiophene rings is 1. The fourth-order valence-electron chi connectivity index (χ4n) is 2.56. The third-order valence-corrected chi connectivity index (χ3v) is 5.19. The van der Waals surface area contributed by atoms with Gasteiger partial charge in [0.25, 0.3) is 5.89 Å². The maximum atomic E-state index is 11.7. The van der Waals surface area contributed by atoms with E-state index in [1.54, 1.807) is 11.3 Å². The van der Waals surface area contributed by atoms with E-state index in [4.69, 9.17) is 9.26 Å². The first-order valence-electron chi connectivity index (χ1n) is 8.66. The molecule has 3 aromatic rings. The van der Waals surface area contributed by atoms with E-state index in [-0.39, 0.29) is 11.8 Å². The second-order valence-corrected chi connectivity index (χ2v) is 7.31. The minimum absolute atomic E-state index is 0.150. The van der Waals surface area contributed by atoms with Crippen molar-refractivity contribution < 1.29 is 14.1 Å². The van der Waals surface area contributed by atoms with Gasteiger partial charge in [0.15, 0.2) is 0 Å². The van der Waals surface area contributed by atoms with Gasteiger partial charge in [-0.05, 0) is 56.2 Å². The maximum Gasteiger partial charge on any atom is 0.258 e. The number of benzene rings is 1. The molecule has 6 nitrogen and oxygen atoms in total. The summed E-state index contributed by atoms with van der Waals surface area (Å²) in [5, 5.41) is 7.04. The minimum atomic E-state index is 0.150. The molecular formula is C19H19N3O3S. The maximum absolute atomic E-state index is 11.7. The standard InChI is InChI=1S/C19H19N3O3S/c1-2-24-14-7-5-13(6-8-14)19-21-17(22-25-19)16-10-9-15(26-16)11-20-18(23)12-3-4-12/h5-10,12H,2-4,11H2,1H3,(H,20,23). The Labute approximate surface area is 155 Å². The van der Waals surface area contributed by atoms with Crippen molar-refractivity contribution in [3.8, 4) is 27.9 Å². The van der Waals surface area contributed by atoms with E-state index >= 15 is 0 Å². The van der Waals surface area contributed by atoms with Crippen molar-refractivity contribution in [3.05, 3.63) is 41.3 Å². The summed E-state index contributed by atoms with van der Waals surface area (Å²) in [6.45, 7) is 3.13. The average Bonchev–Trinajstić information content (AvgIpc) is 3.21. The monoisotopic (exact) mass is 369 g/mol. The predicted molar refractivity (Wildman–Crippen MR) is 98.8 cm³/mol. The van der Waals surface area contributed by atoms with E-state index in [1.165, 1.54) is 0 Å². The van der Waals surface area contributed by atoms with Gasteiger partial charge in [0.1, 0.15) is 5.75 Å². The van der Waals surface area contributed by atoms with Gasteiger partial charge in [0, 0.05) is 16.4 Å². The molecule has 2 aromatic heterocycles. The molecule has 0 aliphatic heterocycles. The third kappa shape index (κ3) is 3.77. The number of aromatic nitrogens is 2. The number of hydrogen-bond acceptors (Lipinski definition) is 6. The first-order chi connectivity index (χ1) is 12.7. The van der Waals surface area contributed by atoms with Gasteiger partial charge in [-0.25, -0.2) is 0 Å². The van der Waals surface area contributed by atoms with Gasteiger partial charge in [-0.3, -0.25) is 4.79 Å². The zero-order valence-corrected chi connectivity index (χ0v) is 15.2. The van der Waals surface area contributed by atoms with Crippen molar-refractivity contribution in [1.29, 1.82) is 0 Å². The lowest BCUT2D eigenvalue weighted by Gasteiger charge is -2.02. The van der Waals surface area contributed by atoms with E-state index < -0.39 is 0 Å². The normalized spacial score (nSPS) is 13.6. The van der Waals surface area contributed by atoms with E-state index in [0.29, 0.717) is 24.9 Å². The zero-order chi connectivity index (χ0) is 17.9. The quantitative estimate of drug-likeness (QED) is 0.684. The number of nitrogens with one attached hydrogen (secondary N) is 1. The van der Waals surface area contributed by atoms with Gasteiger partial charge in [-0.15, -0.1) is 11.3 Å². The zero-order valence-electron chi connectivity index (χ0n) is 14.4. The van der Waals surface area contributed by atoms with Crippen molar-refractivity contribution in [2.24, 2.45) is 5.92 Å². The van der Waals surface area contributed by atoms with Crippen molar-refractivity contribution >= 4 is 17.2 Å². The summed E-state index contributed by atoms with van der Waals surface area (Å²) in [6.07, 6.45) is 2.03. The molecule has 26 heavy (non-hydrogen) atoms. The van der Waals surface area contributed by atoms with Crippen molar-refractivity contribution in [2.45, 2.75) is 26.3 Å². The van der Waals surface area contributed by atoms with Crippen LogP contribution in [0.1, 0.15) is 24.6 Å². The van der Waals surface area contributed by atoms with Gasteiger partial charge >= 0.3 is 0 Å². The molecule has 134 valence electrons. The second kappa shape index (κ2) is 7.29. The SMILES string of the molecule is CCOc1ccc(-c2nc(-c3ccc(CNC(=O)C4CC4)s3)no2)cc1. The van der Waals surface area contributed by atoms with Crippen molar-refractivity contribution in [3.63, 3.8) is 0 Å². The Morgan fingerprint density at radius 2 is 2.08 bits per heavy atom. The van der Waals surface area contributed by atoms with Crippen molar-refractivity contribution in [1.82, 2.24) is 15.5 Å². The highest BCUT2D eigenvalue weighted by atomic mass is 32.1. The average molecular weight is 369 g/mol. The van der Waals surface area contributed by atoms with Crippen LogP contribution in [0.25, 0.3) is 22.2 Å². The molecule has 1 amide bonds. The highest BCUT2D eigenvalue weighted by molar-refractivity contribution is 7.15. The third-order valence-electron chi connectivity index (χ3n) is 4.11. The highest BCUT2D eigenvalue weighted by Crippen LogP contribution is 2.30. The molecular weight excluding hydrogens is 350 g/mol. The summed E-state index contributed by atoms with van der Waals surface area (Å²) in [5.41, 5.74) is 0.848. The van der Waals surface area contributed by atoms with E-state index in [9.17, 15) is 4.79 Å². The second-order valence-electron chi connectivity index (χ2n) is 6.14. The van der Waals surface area contributed by atoms with Crippen LogP contribution in [0.5, 0.6) is 5.75 Å². The number of hydrogen-bond donors (Lipinski definition) is 1. The molecule has 1 fully saturated rings. The van der Waals surface area contributed by atoms with Crippen LogP contribution in [-0.2, 0) is 11.3 Å². The van der Waals surface area contributed by atoms with Gasteiger partial charge in [-0.2, -0.15) is 4.98 Å². The first-order valence-corrected chi connectivity index (χ1v) is 9.48. The molecule has 1 N–H and O–H groups in total. The molecule has 1 aliphatic carbocycles. The molecule has 0 spiro atoms. The molecule has 0 atom stereocenters. The van der Waals surface area contributed by atoms with E-state index in [2.05, 4.69) is 15.5 Å². The minimum Gasteiger partial charge on any atom is -0.494 e. The summed E-state index contributed by atoms with van der Waals surface area (Å²) in [7, 11) is 0. The van der Waals surface area contributed by atoms with Crippen LogP contribution >= 0.6 is 11.3 Å². The van der Waals surface area contributed by atoms with E-state index in [1.807, 2.05) is 43.3 Å².